The summed E-state index contributed by atoms with van der Waals surface area (Å²) in [5, 5.41) is 8.64. The van der Waals surface area contributed by atoms with Crippen LogP contribution < -0.4 is 4.74 Å². The zero-order valence-electron chi connectivity index (χ0n) is 10.0. The molecule has 0 aliphatic rings. The standard InChI is InChI=1S/C13H17NO2S/c1-15-7-2-9-17-10-8-16-13-5-3-12(11-14)4-6-13/h3-6H,2,7-10H2,1H3. The molecular formula is C13H17NO2S. The quantitative estimate of drug-likeness (QED) is 0.666. The van der Waals surface area contributed by atoms with Crippen LogP contribution in [0, 0.1) is 11.3 Å². The third-order valence-electron chi connectivity index (χ3n) is 2.12. The molecule has 0 saturated heterocycles. The molecule has 0 fully saturated rings. The summed E-state index contributed by atoms with van der Waals surface area (Å²) in [6.07, 6.45) is 1.08. The molecular weight excluding hydrogens is 234 g/mol. The number of benzene rings is 1. The van der Waals surface area contributed by atoms with Crippen molar-refractivity contribution in [1.82, 2.24) is 0 Å². The molecule has 0 radical (unpaired) electrons. The molecule has 1 aromatic rings. The van der Waals surface area contributed by atoms with Crippen LogP contribution in [0.5, 0.6) is 5.75 Å². The fraction of sp³-hybridized carbons (Fsp3) is 0.462. The Balaban J connectivity index is 2.08. The van der Waals surface area contributed by atoms with Gasteiger partial charge in [-0.15, -0.1) is 0 Å². The van der Waals surface area contributed by atoms with Crippen molar-refractivity contribution >= 4 is 11.8 Å². The number of ether oxygens (including phenoxy) is 2. The first-order valence-corrected chi connectivity index (χ1v) is 6.72. The molecule has 1 aromatic carbocycles. The number of nitrogens with zero attached hydrogens (tertiary/aromatic N) is 1. The molecule has 0 spiro atoms. The second kappa shape index (κ2) is 8.91. The van der Waals surface area contributed by atoms with Crippen LogP contribution >= 0.6 is 11.8 Å². The van der Waals surface area contributed by atoms with E-state index in [2.05, 4.69) is 6.07 Å². The van der Waals surface area contributed by atoms with Crippen molar-refractivity contribution in [3.05, 3.63) is 29.8 Å². The second-order valence-electron chi connectivity index (χ2n) is 3.44. The number of hydrogen-bond donors (Lipinski definition) is 0. The van der Waals surface area contributed by atoms with Crippen molar-refractivity contribution in [2.45, 2.75) is 6.42 Å². The first-order valence-electron chi connectivity index (χ1n) is 5.56. The summed E-state index contributed by atoms with van der Waals surface area (Å²) in [6.45, 7) is 1.52. The van der Waals surface area contributed by atoms with Crippen molar-refractivity contribution in [3.63, 3.8) is 0 Å². The van der Waals surface area contributed by atoms with Gasteiger partial charge in [-0.3, -0.25) is 0 Å². The van der Waals surface area contributed by atoms with Crippen LogP contribution in [0.1, 0.15) is 12.0 Å². The maximum Gasteiger partial charge on any atom is 0.119 e. The van der Waals surface area contributed by atoms with Crippen LogP contribution in [0.15, 0.2) is 24.3 Å². The lowest BCUT2D eigenvalue weighted by Crippen LogP contribution is -2.01. The minimum absolute atomic E-state index is 0.659. The van der Waals surface area contributed by atoms with Crippen molar-refractivity contribution in [2.24, 2.45) is 0 Å². The van der Waals surface area contributed by atoms with Crippen LogP contribution in [0.4, 0.5) is 0 Å². The molecule has 1 rings (SSSR count). The summed E-state index contributed by atoms with van der Waals surface area (Å²) >= 11 is 1.86. The molecule has 4 heteroatoms. The van der Waals surface area contributed by atoms with Gasteiger partial charge in [0.1, 0.15) is 5.75 Å². The average molecular weight is 251 g/mol. The molecule has 17 heavy (non-hydrogen) atoms. The molecule has 0 unspecified atom stereocenters. The Kier molecular flexibility index (Phi) is 7.28. The topological polar surface area (TPSA) is 42.2 Å². The normalized spacial score (nSPS) is 9.88. The average Bonchev–Trinajstić information content (AvgIpc) is 2.38. The van der Waals surface area contributed by atoms with Gasteiger partial charge in [0.2, 0.25) is 0 Å². The van der Waals surface area contributed by atoms with E-state index in [1.54, 1.807) is 19.2 Å². The highest BCUT2D eigenvalue weighted by Gasteiger charge is 1.95. The van der Waals surface area contributed by atoms with Crippen LogP contribution in [0.2, 0.25) is 0 Å². The molecule has 0 aromatic heterocycles. The minimum atomic E-state index is 0.659. The fourth-order valence-electron chi connectivity index (χ4n) is 1.25. The van der Waals surface area contributed by atoms with E-state index in [9.17, 15) is 0 Å². The highest BCUT2D eigenvalue weighted by molar-refractivity contribution is 7.99. The molecule has 0 bridgehead atoms. The van der Waals surface area contributed by atoms with Gasteiger partial charge in [0.15, 0.2) is 0 Å². The van der Waals surface area contributed by atoms with E-state index >= 15 is 0 Å². The van der Waals surface area contributed by atoms with Gasteiger partial charge in [-0.25, -0.2) is 0 Å². The summed E-state index contributed by atoms with van der Waals surface area (Å²) in [6, 6.07) is 9.26. The molecule has 0 heterocycles. The Morgan fingerprint density at radius 3 is 2.59 bits per heavy atom. The van der Waals surface area contributed by atoms with Crippen LogP contribution in [-0.2, 0) is 4.74 Å². The number of methoxy groups -OCH3 is 1. The molecule has 3 nitrogen and oxygen atoms in total. The zero-order valence-corrected chi connectivity index (χ0v) is 10.8. The van der Waals surface area contributed by atoms with Crippen molar-refractivity contribution < 1.29 is 9.47 Å². The first-order chi connectivity index (χ1) is 8.36. The third kappa shape index (κ3) is 6.20. The van der Waals surface area contributed by atoms with Crippen molar-refractivity contribution in [1.29, 1.82) is 5.26 Å². The van der Waals surface area contributed by atoms with Gasteiger partial charge in [-0.2, -0.15) is 17.0 Å². The van der Waals surface area contributed by atoms with E-state index in [0.717, 1.165) is 30.3 Å². The van der Waals surface area contributed by atoms with E-state index in [1.165, 1.54) is 0 Å². The summed E-state index contributed by atoms with van der Waals surface area (Å²) in [7, 11) is 1.72. The Morgan fingerprint density at radius 2 is 1.94 bits per heavy atom. The second-order valence-corrected chi connectivity index (χ2v) is 4.67. The summed E-state index contributed by atoms with van der Waals surface area (Å²) < 4.78 is 10.5. The predicted octanol–water partition coefficient (Wildman–Crippen LogP) is 2.71. The number of hydrogen-bond acceptors (Lipinski definition) is 4. The Morgan fingerprint density at radius 1 is 1.18 bits per heavy atom. The van der Waals surface area contributed by atoms with Gasteiger partial charge < -0.3 is 9.47 Å². The summed E-state index contributed by atoms with van der Waals surface area (Å²) in [4.78, 5) is 0. The first kappa shape index (κ1) is 13.9. The highest BCUT2D eigenvalue weighted by atomic mass is 32.2. The van der Waals surface area contributed by atoms with Gasteiger partial charge in [0.05, 0.1) is 18.2 Å². The number of nitriles is 1. The summed E-state index contributed by atoms with van der Waals surface area (Å²) in [5.41, 5.74) is 0.659. The highest BCUT2D eigenvalue weighted by Crippen LogP contribution is 2.12. The number of rotatable bonds is 8. The maximum atomic E-state index is 8.64. The van der Waals surface area contributed by atoms with Crippen LogP contribution in [-0.4, -0.2) is 31.8 Å². The van der Waals surface area contributed by atoms with Crippen LogP contribution in [0.3, 0.4) is 0 Å². The smallest absolute Gasteiger partial charge is 0.119 e. The Bertz CT molecular complexity index is 345. The van der Waals surface area contributed by atoms with E-state index in [1.807, 2.05) is 23.9 Å². The number of thioether (sulfide) groups is 1. The van der Waals surface area contributed by atoms with Gasteiger partial charge in [0, 0.05) is 19.5 Å². The van der Waals surface area contributed by atoms with Crippen molar-refractivity contribution in [3.8, 4) is 11.8 Å². The zero-order chi connectivity index (χ0) is 12.3. The Hall–Kier alpha value is -1.18. The molecule has 0 aliphatic heterocycles. The minimum Gasteiger partial charge on any atom is -0.493 e. The van der Waals surface area contributed by atoms with E-state index in [0.29, 0.717) is 12.2 Å². The molecule has 0 amide bonds. The summed E-state index contributed by atoms with van der Waals surface area (Å²) in [5.74, 6) is 2.90. The fourth-order valence-corrected chi connectivity index (χ4v) is 1.98. The van der Waals surface area contributed by atoms with Gasteiger partial charge in [-0.05, 0) is 36.4 Å². The van der Waals surface area contributed by atoms with Crippen molar-refractivity contribution in [2.75, 3.05) is 31.8 Å². The SMILES string of the molecule is COCCCSCCOc1ccc(C#N)cc1. The lowest BCUT2D eigenvalue weighted by Gasteiger charge is -2.05. The van der Waals surface area contributed by atoms with E-state index < -0.39 is 0 Å². The maximum absolute atomic E-state index is 8.64. The van der Waals surface area contributed by atoms with Gasteiger partial charge in [-0.1, -0.05) is 0 Å². The van der Waals surface area contributed by atoms with Gasteiger partial charge in [0.25, 0.3) is 0 Å². The lowest BCUT2D eigenvalue weighted by atomic mass is 10.2. The predicted molar refractivity (Wildman–Crippen MR) is 70.5 cm³/mol. The largest absolute Gasteiger partial charge is 0.493 e. The van der Waals surface area contributed by atoms with Gasteiger partial charge >= 0.3 is 0 Å². The lowest BCUT2D eigenvalue weighted by molar-refractivity contribution is 0.200. The Labute approximate surface area is 107 Å². The molecule has 0 N–H and O–H groups in total. The molecule has 0 aliphatic carbocycles. The van der Waals surface area contributed by atoms with Crippen LogP contribution in [0.25, 0.3) is 0 Å². The monoisotopic (exact) mass is 251 g/mol. The van der Waals surface area contributed by atoms with E-state index in [4.69, 9.17) is 14.7 Å². The van der Waals surface area contributed by atoms with E-state index in [-0.39, 0.29) is 0 Å². The third-order valence-corrected chi connectivity index (χ3v) is 3.15. The molecule has 0 saturated carbocycles. The molecule has 0 atom stereocenters. The molecule has 92 valence electrons.